The summed E-state index contributed by atoms with van der Waals surface area (Å²) in [6.07, 6.45) is 3.08. The molecule has 4 rings (SSSR count). The highest BCUT2D eigenvalue weighted by atomic mass is 79.9. The topological polar surface area (TPSA) is 113 Å². The van der Waals surface area contributed by atoms with Crippen LogP contribution < -0.4 is 10.0 Å². The molecular formula is C19H19BrN2O5S2. The SMILES string of the molecule is O=C(NC1(C(=O)O)CCCC2CC21)c1ccc(NS(=O)(=O)c2ccc(Br)s2)cc1. The molecule has 10 heteroatoms. The number of anilines is 1. The number of hydrogen-bond acceptors (Lipinski definition) is 5. The average Bonchev–Trinajstić information content (AvgIpc) is 3.34. The van der Waals surface area contributed by atoms with Crippen molar-refractivity contribution in [3.8, 4) is 0 Å². The molecule has 1 aromatic heterocycles. The van der Waals surface area contributed by atoms with E-state index in [0.29, 0.717) is 21.8 Å². The van der Waals surface area contributed by atoms with Gasteiger partial charge in [0, 0.05) is 11.3 Å². The van der Waals surface area contributed by atoms with Crippen LogP contribution in [0, 0.1) is 11.8 Å². The van der Waals surface area contributed by atoms with Crippen LogP contribution in [0.25, 0.3) is 0 Å². The van der Waals surface area contributed by atoms with Gasteiger partial charge in [0.2, 0.25) is 0 Å². The molecular weight excluding hydrogens is 480 g/mol. The summed E-state index contributed by atoms with van der Waals surface area (Å²) in [5, 5.41) is 12.5. The smallest absolute Gasteiger partial charge is 0.329 e. The van der Waals surface area contributed by atoms with E-state index in [1.54, 1.807) is 6.07 Å². The van der Waals surface area contributed by atoms with Crippen LogP contribution in [0.3, 0.4) is 0 Å². The quantitative estimate of drug-likeness (QED) is 0.562. The number of benzene rings is 1. The van der Waals surface area contributed by atoms with E-state index in [4.69, 9.17) is 0 Å². The first-order valence-electron chi connectivity index (χ1n) is 9.15. The van der Waals surface area contributed by atoms with Crippen molar-refractivity contribution in [3.05, 3.63) is 45.7 Å². The zero-order valence-electron chi connectivity index (χ0n) is 15.2. The molecule has 3 N–H and O–H groups in total. The van der Waals surface area contributed by atoms with Gasteiger partial charge in [0.15, 0.2) is 0 Å². The molecule has 3 atom stereocenters. The number of carbonyl (C=O) groups is 2. The second-order valence-corrected chi connectivity index (χ2v) is 11.8. The van der Waals surface area contributed by atoms with Gasteiger partial charge in [-0.2, -0.15) is 0 Å². The molecule has 1 aromatic carbocycles. The summed E-state index contributed by atoms with van der Waals surface area (Å²) < 4.78 is 28.1. The van der Waals surface area contributed by atoms with Gasteiger partial charge in [-0.25, -0.2) is 13.2 Å². The first-order valence-corrected chi connectivity index (χ1v) is 12.2. The summed E-state index contributed by atoms with van der Waals surface area (Å²) in [7, 11) is -3.71. The van der Waals surface area contributed by atoms with E-state index < -0.39 is 27.4 Å². The van der Waals surface area contributed by atoms with Gasteiger partial charge in [-0.1, -0.05) is 6.42 Å². The second kappa shape index (κ2) is 7.41. The standard InChI is InChI=1S/C19H19BrN2O5S2/c20-15-7-8-16(28-15)29(26,27)22-13-5-3-11(4-6-13)17(23)21-19(18(24)25)9-1-2-12-10-14(12)19/h3-8,12,14,22H,1-2,9-10H2,(H,21,23)(H,24,25). The monoisotopic (exact) mass is 498 g/mol. The highest BCUT2D eigenvalue weighted by Crippen LogP contribution is 2.55. The Morgan fingerprint density at radius 1 is 1.17 bits per heavy atom. The third-order valence-corrected chi connectivity index (χ3v) is 9.13. The first-order chi connectivity index (χ1) is 13.7. The predicted octanol–water partition coefficient (Wildman–Crippen LogP) is 3.68. The summed E-state index contributed by atoms with van der Waals surface area (Å²) in [6.45, 7) is 0. The Labute approximate surface area is 180 Å². The molecule has 1 amide bonds. The number of fused-ring (bicyclic) bond motifs is 1. The van der Waals surface area contributed by atoms with Crippen molar-refractivity contribution in [3.63, 3.8) is 0 Å². The lowest BCUT2D eigenvalue weighted by Gasteiger charge is -2.34. The molecule has 2 aliphatic rings. The number of hydrogen-bond donors (Lipinski definition) is 3. The zero-order valence-corrected chi connectivity index (χ0v) is 18.4. The predicted molar refractivity (Wildman–Crippen MR) is 113 cm³/mol. The minimum Gasteiger partial charge on any atom is -0.479 e. The minimum atomic E-state index is -3.71. The molecule has 0 bridgehead atoms. The Balaban J connectivity index is 1.47. The van der Waals surface area contributed by atoms with Crippen molar-refractivity contribution in [2.75, 3.05) is 4.72 Å². The molecule has 7 nitrogen and oxygen atoms in total. The van der Waals surface area contributed by atoms with E-state index in [-0.39, 0.29) is 15.7 Å². The van der Waals surface area contributed by atoms with Crippen LogP contribution in [0.15, 0.2) is 44.4 Å². The number of carboxylic acids is 1. The number of nitrogens with one attached hydrogen (secondary N) is 2. The van der Waals surface area contributed by atoms with E-state index in [1.165, 1.54) is 30.3 Å². The van der Waals surface area contributed by atoms with Crippen molar-refractivity contribution in [1.29, 1.82) is 0 Å². The fraction of sp³-hybridized carbons (Fsp3) is 0.368. The van der Waals surface area contributed by atoms with Gasteiger partial charge in [0.25, 0.3) is 15.9 Å². The van der Waals surface area contributed by atoms with E-state index in [0.717, 1.165) is 30.6 Å². The van der Waals surface area contributed by atoms with Gasteiger partial charge in [-0.05, 0) is 83.4 Å². The zero-order chi connectivity index (χ0) is 20.8. The number of halogens is 1. The fourth-order valence-electron chi connectivity index (χ4n) is 4.08. The molecule has 3 unspecified atom stereocenters. The van der Waals surface area contributed by atoms with Crippen molar-refractivity contribution in [2.45, 2.75) is 35.4 Å². The van der Waals surface area contributed by atoms with Crippen molar-refractivity contribution in [2.24, 2.45) is 11.8 Å². The summed E-state index contributed by atoms with van der Waals surface area (Å²) in [4.78, 5) is 24.6. The molecule has 2 aromatic rings. The Morgan fingerprint density at radius 2 is 1.90 bits per heavy atom. The van der Waals surface area contributed by atoms with Crippen LogP contribution in [-0.2, 0) is 14.8 Å². The number of carbonyl (C=O) groups excluding carboxylic acids is 1. The van der Waals surface area contributed by atoms with Crippen LogP contribution in [0.4, 0.5) is 5.69 Å². The summed E-state index contributed by atoms with van der Waals surface area (Å²) in [5.41, 5.74) is -0.596. The maximum Gasteiger partial charge on any atom is 0.329 e. The summed E-state index contributed by atoms with van der Waals surface area (Å²) in [5.74, 6) is -1.07. The first kappa shape index (κ1) is 20.4. The number of rotatable bonds is 6. The molecule has 2 saturated carbocycles. The molecule has 0 saturated heterocycles. The van der Waals surface area contributed by atoms with Crippen LogP contribution in [0.1, 0.15) is 36.0 Å². The van der Waals surface area contributed by atoms with Crippen molar-refractivity contribution >= 4 is 54.9 Å². The summed E-state index contributed by atoms with van der Waals surface area (Å²) in [6, 6.07) is 9.10. The van der Waals surface area contributed by atoms with Gasteiger partial charge in [-0.3, -0.25) is 9.52 Å². The number of thiophene rings is 1. The van der Waals surface area contributed by atoms with Crippen molar-refractivity contribution < 1.29 is 23.1 Å². The number of amides is 1. The normalized spacial score (nSPS) is 25.7. The van der Waals surface area contributed by atoms with Gasteiger partial charge in [0.1, 0.15) is 9.75 Å². The lowest BCUT2D eigenvalue weighted by Crippen LogP contribution is -2.57. The van der Waals surface area contributed by atoms with Gasteiger partial charge in [-0.15, -0.1) is 11.3 Å². The minimum absolute atomic E-state index is 0.00565. The van der Waals surface area contributed by atoms with Crippen LogP contribution in [-0.4, -0.2) is 30.9 Å². The van der Waals surface area contributed by atoms with E-state index in [2.05, 4.69) is 26.0 Å². The summed E-state index contributed by atoms with van der Waals surface area (Å²) >= 11 is 4.33. The van der Waals surface area contributed by atoms with E-state index in [1.807, 2.05) is 0 Å². The van der Waals surface area contributed by atoms with Crippen LogP contribution >= 0.6 is 27.3 Å². The highest BCUT2D eigenvalue weighted by Gasteiger charge is 2.59. The molecule has 0 aliphatic heterocycles. The van der Waals surface area contributed by atoms with Crippen LogP contribution in [0.2, 0.25) is 0 Å². The van der Waals surface area contributed by atoms with Gasteiger partial charge in [0.05, 0.1) is 3.79 Å². The third kappa shape index (κ3) is 3.93. The molecule has 2 aliphatic carbocycles. The second-order valence-electron chi connectivity index (χ2n) is 7.47. The van der Waals surface area contributed by atoms with Crippen LogP contribution in [0.5, 0.6) is 0 Å². The molecule has 1 heterocycles. The highest BCUT2D eigenvalue weighted by molar-refractivity contribution is 9.11. The largest absolute Gasteiger partial charge is 0.479 e. The lowest BCUT2D eigenvalue weighted by atomic mass is 9.81. The molecule has 29 heavy (non-hydrogen) atoms. The van der Waals surface area contributed by atoms with Gasteiger partial charge < -0.3 is 10.4 Å². The number of sulfonamides is 1. The fourth-order valence-corrected chi connectivity index (χ4v) is 7.15. The maximum absolute atomic E-state index is 12.7. The maximum atomic E-state index is 12.7. The molecule has 154 valence electrons. The Hall–Kier alpha value is -1.91. The Kier molecular flexibility index (Phi) is 5.20. The van der Waals surface area contributed by atoms with Gasteiger partial charge >= 0.3 is 5.97 Å². The lowest BCUT2D eigenvalue weighted by molar-refractivity contribution is -0.146. The molecule has 0 radical (unpaired) electrons. The Morgan fingerprint density at radius 3 is 2.52 bits per heavy atom. The molecule has 2 fully saturated rings. The Bertz CT molecular complexity index is 1070. The molecule has 0 spiro atoms. The van der Waals surface area contributed by atoms with E-state index >= 15 is 0 Å². The van der Waals surface area contributed by atoms with E-state index in [9.17, 15) is 23.1 Å². The number of carboxylic acid groups (broad SMARTS) is 1. The number of aliphatic carboxylic acids is 1. The van der Waals surface area contributed by atoms with Crippen molar-refractivity contribution in [1.82, 2.24) is 5.32 Å². The third-order valence-electron chi connectivity index (χ3n) is 5.63. The average molecular weight is 499 g/mol.